The lowest BCUT2D eigenvalue weighted by atomic mass is 10.1. The number of carbonyl (C=O) groups excluding carboxylic acids is 1. The van der Waals surface area contributed by atoms with Crippen molar-refractivity contribution in [1.29, 1.82) is 0 Å². The van der Waals surface area contributed by atoms with Crippen LogP contribution >= 0.6 is 34.8 Å². The van der Waals surface area contributed by atoms with Crippen LogP contribution in [0.25, 0.3) is 0 Å². The van der Waals surface area contributed by atoms with Crippen molar-refractivity contribution in [2.45, 2.75) is 36.7 Å². The van der Waals surface area contributed by atoms with E-state index >= 15 is 0 Å². The monoisotopic (exact) mass is 609 g/mol. The van der Waals surface area contributed by atoms with Crippen molar-refractivity contribution in [1.82, 2.24) is 19.5 Å². The lowest BCUT2D eigenvalue weighted by molar-refractivity contribution is 0.0790. The zero-order valence-electron chi connectivity index (χ0n) is 21.0. The summed E-state index contributed by atoms with van der Waals surface area (Å²) in [4.78, 5) is 23.0. The van der Waals surface area contributed by atoms with Gasteiger partial charge in [0, 0.05) is 36.8 Å². The highest BCUT2D eigenvalue weighted by Crippen LogP contribution is 2.39. The first-order valence-corrected chi connectivity index (χ1v) is 14.9. The molecular formula is C26H26Cl3N5O4S. The van der Waals surface area contributed by atoms with Crippen molar-refractivity contribution in [3.8, 4) is 0 Å². The fraction of sp³-hybridized carbons (Fsp3) is 0.346. The van der Waals surface area contributed by atoms with Crippen molar-refractivity contribution < 1.29 is 17.6 Å². The molecule has 2 aliphatic rings. The van der Waals surface area contributed by atoms with Crippen molar-refractivity contribution in [3.63, 3.8) is 0 Å². The van der Waals surface area contributed by atoms with Crippen molar-refractivity contribution in [3.05, 3.63) is 80.4 Å². The van der Waals surface area contributed by atoms with E-state index in [0.29, 0.717) is 25.8 Å². The molecule has 0 bridgehead atoms. The largest absolute Gasteiger partial charge is 0.447 e. The molecule has 13 heteroatoms. The Hall–Kier alpha value is -2.63. The first kappa shape index (κ1) is 27.9. The minimum Gasteiger partial charge on any atom is -0.447 e. The molecule has 1 saturated carbocycles. The average molecular weight is 611 g/mol. The number of nitrogens with one attached hydrogen (secondary N) is 1. The third-order valence-electron chi connectivity index (χ3n) is 6.53. The van der Waals surface area contributed by atoms with E-state index < -0.39 is 10.0 Å². The van der Waals surface area contributed by atoms with E-state index in [0.717, 1.165) is 30.1 Å². The second-order valence-electron chi connectivity index (χ2n) is 9.44. The quantitative estimate of drug-likeness (QED) is 0.358. The summed E-state index contributed by atoms with van der Waals surface area (Å²) in [7, 11) is -2.40. The molecule has 5 rings (SSSR count). The van der Waals surface area contributed by atoms with E-state index in [1.165, 1.54) is 22.7 Å². The Morgan fingerprint density at radius 3 is 2.44 bits per heavy atom. The van der Waals surface area contributed by atoms with E-state index in [1.54, 1.807) is 11.9 Å². The van der Waals surface area contributed by atoms with Crippen LogP contribution in [0.2, 0.25) is 15.1 Å². The van der Waals surface area contributed by atoms with Crippen LogP contribution in [-0.2, 0) is 23.0 Å². The van der Waals surface area contributed by atoms with Crippen molar-refractivity contribution >= 4 is 56.6 Å². The predicted octanol–water partition coefficient (Wildman–Crippen LogP) is 4.65. The first-order valence-electron chi connectivity index (χ1n) is 12.4. The first-order chi connectivity index (χ1) is 18.6. The Kier molecular flexibility index (Phi) is 8.21. The summed E-state index contributed by atoms with van der Waals surface area (Å²) in [5.74, 6) is 0.682. The van der Waals surface area contributed by atoms with Gasteiger partial charge in [0.15, 0.2) is 5.69 Å². The topological polar surface area (TPSA) is 108 Å². The molecule has 1 N–H and O–H groups in total. The fourth-order valence-corrected chi connectivity index (χ4v) is 7.43. The normalized spacial score (nSPS) is 15.4. The highest BCUT2D eigenvalue weighted by atomic mass is 35.5. The van der Waals surface area contributed by atoms with Gasteiger partial charge in [-0.3, -0.25) is 9.79 Å². The number of oxazole rings is 1. The van der Waals surface area contributed by atoms with Crippen LogP contribution in [0.1, 0.15) is 40.3 Å². The zero-order valence-corrected chi connectivity index (χ0v) is 24.1. The summed E-state index contributed by atoms with van der Waals surface area (Å²) in [6.45, 7) is 1.95. The number of benzene rings is 2. The number of carbonyl (C=O) groups is 1. The van der Waals surface area contributed by atoms with E-state index in [2.05, 4.69) is 15.3 Å². The smallest absolute Gasteiger partial charge is 0.275 e. The van der Waals surface area contributed by atoms with E-state index in [-0.39, 0.29) is 50.0 Å². The maximum Gasteiger partial charge on any atom is 0.275 e. The Bertz CT molecular complexity index is 1500. The van der Waals surface area contributed by atoms with Gasteiger partial charge in [-0.15, -0.1) is 0 Å². The van der Waals surface area contributed by atoms with Gasteiger partial charge in [-0.1, -0.05) is 59.1 Å². The number of aliphatic imine (C=N–C) groups is 1. The van der Waals surface area contributed by atoms with Gasteiger partial charge in [-0.2, -0.15) is 4.31 Å². The number of likely N-dealkylation sites (N-methyl/N-ethyl adjacent to an activating group) is 1. The molecular weight excluding hydrogens is 585 g/mol. The molecule has 1 aromatic heterocycles. The highest BCUT2D eigenvalue weighted by molar-refractivity contribution is 7.89. The number of amidine groups is 1. The zero-order chi connectivity index (χ0) is 27.7. The van der Waals surface area contributed by atoms with Gasteiger partial charge >= 0.3 is 0 Å². The minimum atomic E-state index is -4.09. The summed E-state index contributed by atoms with van der Waals surface area (Å²) < 4.78 is 33.8. The number of halogens is 3. The highest BCUT2D eigenvalue weighted by Gasteiger charge is 2.41. The molecule has 1 amide bonds. The van der Waals surface area contributed by atoms with Crippen LogP contribution in [-0.4, -0.2) is 67.1 Å². The van der Waals surface area contributed by atoms with Gasteiger partial charge in [0.2, 0.25) is 15.9 Å². The maximum absolute atomic E-state index is 13.5. The van der Waals surface area contributed by atoms with E-state index in [1.807, 2.05) is 24.3 Å². The average Bonchev–Trinajstić information content (AvgIpc) is 3.36. The van der Waals surface area contributed by atoms with Gasteiger partial charge in [0.05, 0.1) is 23.1 Å². The second kappa shape index (κ2) is 11.5. The molecule has 1 aliphatic heterocycles. The molecule has 2 heterocycles. The fourth-order valence-electron chi connectivity index (χ4n) is 4.29. The van der Waals surface area contributed by atoms with Crippen LogP contribution in [0.3, 0.4) is 0 Å². The summed E-state index contributed by atoms with van der Waals surface area (Å²) in [5, 5.41) is 3.35. The molecule has 0 spiro atoms. The number of rotatable bonds is 10. The molecule has 0 atom stereocenters. The predicted molar refractivity (Wildman–Crippen MR) is 150 cm³/mol. The van der Waals surface area contributed by atoms with Crippen LogP contribution in [0.5, 0.6) is 0 Å². The van der Waals surface area contributed by atoms with Crippen LogP contribution < -0.4 is 5.32 Å². The number of nitrogens with zero attached hydrogens (tertiary/aromatic N) is 4. The minimum absolute atomic E-state index is 0.0679. The Morgan fingerprint density at radius 1 is 1.13 bits per heavy atom. The number of hydrogen-bond acceptors (Lipinski definition) is 7. The van der Waals surface area contributed by atoms with Crippen molar-refractivity contribution in [2.75, 3.05) is 26.7 Å². The molecule has 206 valence electrons. The summed E-state index contributed by atoms with van der Waals surface area (Å²) in [6.07, 6.45) is 3.27. The van der Waals surface area contributed by atoms with E-state index in [4.69, 9.17) is 39.2 Å². The van der Waals surface area contributed by atoms with Gasteiger partial charge in [0.25, 0.3) is 5.91 Å². The molecule has 9 nitrogen and oxygen atoms in total. The molecule has 3 aromatic rings. The summed E-state index contributed by atoms with van der Waals surface area (Å²) in [6, 6.07) is 10.5. The van der Waals surface area contributed by atoms with Crippen molar-refractivity contribution in [2.24, 2.45) is 4.99 Å². The number of amides is 1. The molecule has 1 fully saturated rings. The molecule has 1 aliphatic carbocycles. The number of aromatic nitrogens is 1. The Morgan fingerprint density at radius 2 is 1.82 bits per heavy atom. The Labute approximate surface area is 241 Å². The molecule has 2 aromatic carbocycles. The third kappa shape index (κ3) is 6.25. The van der Waals surface area contributed by atoms with Gasteiger partial charge < -0.3 is 14.6 Å². The van der Waals surface area contributed by atoms with Gasteiger partial charge in [0.1, 0.15) is 17.0 Å². The lowest BCUT2D eigenvalue weighted by Crippen LogP contribution is -2.33. The van der Waals surface area contributed by atoms with E-state index in [9.17, 15) is 13.2 Å². The number of sulfonamides is 1. The van der Waals surface area contributed by atoms with Crippen LogP contribution in [0.4, 0.5) is 0 Å². The lowest BCUT2D eigenvalue weighted by Gasteiger charge is -2.22. The van der Waals surface area contributed by atoms with Gasteiger partial charge in [-0.05, 0) is 37.0 Å². The SMILES string of the molecule is CN(CCc1ccc(C2=NCCN2)cc1)C(=O)c1coc(CN(C2CC2)S(=O)(=O)c2c(Cl)cc(Cl)cc2Cl)n1. The molecule has 0 saturated heterocycles. The number of hydrogen-bond donors (Lipinski definition) is 1. The Balaban J connectivity index is 1.23. The van der Waals surface area contributed by atoms with Gasteiger partial charge in [-0.25, -0.2) is 13.4 Å². The summed E-state index contributed by atoms with van der Waals surface area (Å²) in [5.41, 5.74) is 2.23. The summed E-state index contributed by atoms with van der Waals surface area (Å²) >= 11 is 18.4. The molecule has 0 unspecified atom stereocenters. The maximum atomic E-state index is 13.5. The van der Waals surface area contributed by atoms with Crippen LogP contribution in [0, 0.1) is 0 Å². The second-order valence-corrected chi connectivity index (χ2v) is 12.5. The molecule has 0 radical (unpaired) electrons. The molecule has 39 heavy (non-hydrogen) atoms. The standard InChI is InChI=1S/C26H26Cl3N5O4S/c1-33(11-8-16-2-4-17(5-3-16)25-30-9-10-31-25)26(35)22-15-38-23(32-22)14-34(19-6-7-19)39(36,37)24-20(28)12-18(27)13-21(24)29/h2-5,12-13,15,19H,6-11,14H2,1H3,(H,30,31). The van der Waals surface area contributed by atoms with Crippen LogP contribution in [0.15, 0.2) is 57.0 Å². The third-order valence-corrected chi connectivity index (χ3v) is 9.57.